The van der Waals surface area contributed by atoms with Crippen LogP contribution in [0.1, 0.15) is 10.4 Å². The normalized spacial score (nSPS) is 10.6. The summed E-state index contributed by atoms with van der Waals surface area (Å²) in [5.74, 6) is 0.360. The van der Waals surface area contributed by atoms with E-state index in [0.29, 0.717) is 16.9 Å². The average molecular weight is 374 g/mol. The van der Waals surface area contributed by atoms with Crippen molar-refractivity contribution in [2.24, 2.45) is 0 Å². The van der Waals surface area contributed by atoms with Crippen LogP contribution >= 0.6 is 27.3 Å². The summed E-state index contributed by atoms with van der Waals surface area (Å²) in [5, 5.41) is 4.19. The minimum Gasteiger partial charge on any atom is -0.480 e. The first-order valence-electron chi connectivity index (χ1n) is 6.33. The van der Waals surface area contributed by atoms with Crippen molar-refractivity contribution in [2.45, 2.75) is 13.5 Å². The van der Waals surface area contributed by atoms with E-state index in [4.69, 9.17) is 4.74 Å². The molecule has 114 valence electrons. The van der Waals surface area contributed by atoms with Gasteiger partial charge in [-0.3, -0.25) is 0 Å². The van der Waals surface area contributed by atoms with Crippen LogP contribution in [0.25, 0.3) is 0 Å². The Balaban J connectivity index is 2.18. The Bertz CT molecular complexity index is 645. The second-order valence-corrected chi connectivity index (χ2v) is 6.67. The molecule has 1 aromatic carbocycles. The lowest BCUT2D eigenvalue weighted by molar-refractivity contribution is 0.397. The number of ether oxygens (including phenoxy) is 1. The number of anilines is 2. The number of hydrogen-bond acceptors (Lipinski definition) is 5. The third-order valence-electron chi connectivity index (χ3n) is 2.93. The number of rotatable bonds is 5. The lowest BCUT2D eigenvalue weighted by atomic mass is 10.2. The van der Waals surface area contributed by atoms with Gasteiger partial charge in [-0.1, -0.05) is 11.3 Å². The molecule has 0 atom stereocenters. The molecule has 0 aliphatic heterocycles. The molecule has 0 spiro atoms. The molecule has 0 bridgehead atoms. The SMILES string of the molecule is COc1nc(N(C)C)sc1CNc1cc(Br)c(F)cc1C. The van der Waals surface area contributed by atoms with Crippen LogP contribution < -0.4 is 15.0 Å². The maximum atomic E-state index is 13.4. The number of halogens is 2. The lowest BCUT2D eigenvalue weighted by Gasteiger charge is -2.10. The minimum absolute atomic E-state index is 0.261. The Kier molecular flexibility index (Phi) is 5.05. The first-order valence-corrected chi connectivity index (χ1v) is 7.94. The van der Waals surface area contributed by atoms with E-state index in [1.54, 1.807) is 24.5 Å². The summed E-state index contributed by atoms with van der Waals surface area (Å²) < 4.78 is 19.2. The van der Waals surface area contributed by atoms with Gasteiger partial charge in [-0.2, -0.15) is 4.98 Å². The fourth-order valence-electron chi connectivity index (χ4n) is 1.80. The monoisotopic (exact) mass is 373 g/mol. The summed E-state index contributed by atoms with van der Waals surface area (Å²) in [4.78, 5) is 7.35. The molecule has 21 heavy (non-hydrogen) atoms. The highest BCUT2D eigenvalue weighted by Gasteiger charge is 2.13. The van der Waals surface area contributed by atoms with E-state index in [1.165, 1.54) is 6.07 Å². The molecule has 0 aliphatic rings. The van der Waals surface area contributed by atoms with Crippen LogP contribution in [-0.2, 0) is 6.54 Å². The van der Waals surface area contributed by atoms with Crippen molar-refractivity contribution >= 4 is 38.1 Å². The number of thiazole rings is 1. The van der Waals surface area contributed by atoms with Gasteiger partial charge in [-0.25, -0.2) is 4.39 Å². The van der Waals surface area contributed by atoms with Crippen LogP contribution in [0.3, 0.4) is 0 Å². The molecule has 2 aromatic rings. The van der Waals surface area contributed by atoms with Gasteiger partial charge in [0.15, 0.2) is 5.13 Å². The lowest BCUT2D eigenvalue weighted by Crippen LogP contribution is -2.07. The van der Waals surface area contributed by atoms with Gasteiger partial charge in [0.25, 0.3) is 0 Å². The van der Waals surface area contributed by atoms with Gasteiger partial charge in [0, 0.05) is 19.8 Å². The summed E-state index contributed by atoms with van der Waals surface area (Å²) in [6.45, 7) is 2.45. The van der Waals surface area contributed by atoms with Crippen molar-refractivity contribution in [1.29, 1.82) is 0 Å². The number of nitrogens with zero attached hydrogens (tertiary/aromatic N) is 2. The van der Waals surface area contributed by atoms with Crippen LogP contribution in [0, 0.1) is 12.7 Å². The van der Waals surface area contributed by atoms with E-state index in [1.807, 2.05) is 25.9 Å². The van der Waals surface area contributed by atoms with E-state index in [0.717, 1.165) is 21.3 Å². The van der Waals surface area contributed by atoms with Crippen LogP contribution in [0.4, 0.5) is 15.2 Å². The van der Waals surface area contributed by atoms with Crippen LogP contribution in [-0.4, -0.2) is 26.2 Å². The zero-order valence-corrected chi connectivity index (χ0v) is 14.7. The number of benzene rings is 1. The van der Waals surface area contributed by atoms with E-state index in [2.05, 4.69) is 26.2 Å². The predicted octanol–water partition coefficient (Wildman–Crippen LogP) is 4.04. The van der Waals surface area contributed by atoms with Crippen LogP contribution in [0.5, 0.6) is 5.88 Å². The number of aromatic nitrogens is 1. The molecule has 1 heterocycles. The molecule has 0 radical (unpaired) electrons. The predicted molar refractivity (Wildman–Crippen MR) is 89.2 cm³/mol. The van der Waals surface area contributed by atoms with Gasteiger partial charge in [-0.15, -0.1) is 0 Å². The molecule has 0 fully saturated rings. The number of methoxy groups -OCH3 is 1. The van der Waals surface area contributed by atoms with Gasteiger partial charge < -0.3 is 15.0 Å². The first kappa shape index (κ1) is 16.0. The molecule has 0 aliphatic carbocycles. The molecule has 1 aromatic heterocycles. The van der Waals surface area contributed by atoms with Gasteiger partial charge in [0.1, 0.15) is 5.82 Å². The van der Waals surface area contributed by atoms with E-state index >= 15 is 0 Å². The third kappa shape index (κ3) is 3.65. The smallest absolute Gasteiger partial charge is 0.231 e. The highest BCUT2D eigenvalue weighted by Crippen LogP contribution is 2.32. The standard InChI is InChI=1S/C14H17BrFN3OS/c1-8-5-10(16)9(15)6-11(8)17-7-12-13(20-4)18-14(21-12)19(2)3/h5-6,17H,7H2,1-4H3. The molecule has 0 amide bonds. The fraction of sp³-hybridized carbons (Fsp3) is 0.357. The fourth-order valence-corrected chi connectivity index (χ4v) is 3.04. The average Bonchev–Trinajstić information content (AvgIpc) is 2.85. The molecule has 7 heteroatoms. The molecule has 0 saturated carbocycles. The van der Waals surface area contributed by atoms with Crippen molar-refractivity contribution in [2.75, 3.05) is 31.4 Å². The Labute approximate surface area is 136 Å². The van der Waals surface area contributed by atoms with Gasteiger partial charge in [0.2, 0.25) is 5.88 Å². The van der Waals surface area contributed by atoms with E-state index in [-0.39, 0.29) is 5.82 Å². The van der Waals surface area contributed by atoms with Gasteiger partial charge in [0.05, 0.1) is 23.0 Å². The largest absolute Gasteiger partial charge is 0.480 e. The van der Waals surface area contributed by atoms with E-state index < -0.39 is 0 Å². The van der Waals surface area contributed by atoms with Crippen molar-refractivity contribution in [1.82, 2.24) is 4.98 Å². The Morgan fingerprint density at radius 3 is 2.76 bits per heavy atom. The molecular formula is C14H17BrFN3OS. The highest BCUT2D eigenvalue weighted by atomic mass is 79.9. The second-order valence-electron chi connectivity index (χ2n) is 4.76. The zero-order valence-electron chi connectivity index (χ0n) is 12.3. The molecule has 0 saturated heterocycles. The van der Waals surface area contributed by atoms with Crippen molar-refractivity contribution in [3.63, 3.8) is 0 Å². The van der Waals surface area contributed by atoms with Crippen LogP contribution in [0.2, 0.25) is 0 Å². The van der Waals surface area contributed by atoms with Crippen molar-refractivity contribution in [3.8, 4) is 5.88 Å². The summed E-state index contributed by atoms with van der Waals surface area (Å²) in [7, 11) is 5.49. The number of aryl methyl sites for hydroxylation is 1. The molecule has 2 rings (SSSR count). The summed E-state index contributed by atoms with van der Waals surface area (Å²) in [6.07, 6.45) is 0. The number of nitrogens with one attached hydrogen (secondary N) is 1. The Morgan fingerprint density at radius 1 is 1.43 bits per heavy atom. The van der Waals surface area contributed by atoms with E-state index in [9.17, 15) is 4.39 Å². The summed E-state index contributed by atoms with van der Waals surface area (Å²) in [6, 6.07) is 3.24. The summed E-state index contributed by atoms with van der Waals surface area (Å²) >= 11 is 4.77. The number of hydrogen-bond donors (Lipinski definition) is 1. The first-order chi connectivity index (χ1) is 9.92. The second kappa shape index (κ2) is 6.62. The highest BCUT2D eigenvalue weighted by molar-refractivity contribution is 9.10. The molecule has 0 unspecified atom stereocenters. The molecule has 4 nitrogen and oxygen atoms in total. The molecular weight excluding hydrogens is 357 g/mol. The Hall–Kier alpha value is -1.34. The van der Waals surface area contributed by atoms with Gasteiger partial charge >= 0.3 is 0 Å². The zero-order chi connectivity index (χ0) is 15.6. The minimum atomic E-state index is -0.261. The van der Waals surface area contributed by atoms with Crippen LogP contribution in [0.15, 0.2) is 16.6 Å². The third-order valence-corrected chi connectivity index (χ3v) is 4.74. The Morgan fingerprint density at radius 2 is 2.14 bits per heavy atom. The quantitative estimate of drug-likeness (QED) is 0.857. The maximum absolute atomic E-state index is 13.4. The van der Waals surface area contributed by atoms with Crippen molar-refractivity contribution in [3.05, 3.63) is 32.9 Å². The van der Waals surface area contributed by atoms with Crippen molar-refractivity contribution < 1.29 is 9.13 Å². The summed E-state index contributed by atoms with van der Waals surface area (Å²) in [5.41, 5.74) is 1.73. The van der Waals surface area contributed by atoms with Gasteiger partial charge in [-0.05, 0) is 40.5 Å². The topological polar surface area (TPSA) is 37.4 Å². The molecule has 1 N–H and O–H groups in total. The maximum Gasteiger partial charge on any atom is 0.231 e.